The molecule has 0 aromatic heterocycles. The SMILES string of the molecule is CC(C)NCC1(Cc2ccc(Cl)c(F)c2)CCC1. The fraction of sp³-hybridized carbons (Fsp3) is 0.600. The molecule has 2 rings (SSSR count). The Morgan fingerprint density at radius 2 is 2.11 bits per heavy atom. The van der Waals surface area contributed by atoms with Gasteiger partial charge in [0.05, 0.1) is 5.02 Å². The molecule has 1 N–H and O–H groups in total. The van der Waals surface area contributed by atoms with E-state index < -0.39 is 0 Å². The minimum Gasteiger partial charge on any atom is -0.314 e. The number of nitrogens with one attached hydrogen (secondary N) is 1. The van der Waals surface area contributed by atoms with Gasteiger partial charge in [-0.15, -0.1) is 0 Å². The van der Waals surface area contributed by atoms with Gasteiger partial charge in [0.2, 0.25) is 0 Å². The van der Waals surface area contributed by atoms with Crippen molar-refractivity contribution in [3.8, 4) is 0 Å². The minimum atomic E-state index is -0.305. The van der Waals surface area contributed by atoms with Gasteiger partial charge in [0, 0.05) is 12.6 Å². The first-order valence-electron chi connectivity index (χ1n) is 6.68. The highest BCUT2D eigenvalue weighted by atomic mass is 35.5. The van der Waals surface area contributed by atoms with Crippen LogP contribution in [0.15, 0.2) is 18.2 Å². The van der Waals surface area contributed by atoms with E-state index >= 15 is 0 Å². The summed E-state index contributed by atoms with van der Waals surface area (Å²) in [6, 6.07) is 5.69. The molecule has 1 saturated carbocycles. The fourth-order valence-corrected chi connectivity index (χ4v) is 2.71. The molecule has 0 spiro atoms. The van der Waals surface area contributed by atoms with Crippen molar-refractivity contribution in [2.75, 3.05) is 6.54 Å². The Bertz CT molecular complexity index is 413. The number of hydrogen-bond donors (Lipinski definition) is 1. The maximum Gasteiger partial charge on any atom is 0.142 e. The summed E-state index contributed by atoms with van der Waals surface area (Å²) in [4.78, 5) is 0. The van der Waals surface area contributed by atoms with E-state index in [0.29, 0.717) is 11.5 Å². The summed E-state index contributed by atoms with van der Waals surface area (Å²) >= 11 is 5.72. The maximum atomic E-state index is 13.4. The van der Waals surface area contributed by atoms with Crippen molar-refractivity contribution in [3.05, 3.63) is 34.6 Å². The molecule has 3 heteroatoms. The predicted octanol–water partition coefficient (Wildman–Crippen LogP) is 4.19. The third-order valence-corrected chi connectivity index (χ3v) is 4.17. The van der Waals surface area contributed by atoms with Gasteiger partial charge < -0.3 is 5.32 Å². The van der Waals surface area contributed by atoms with E-state index in [4.69, 9.17) is 11.6 Å². The molecule has 100 valence electrons. The number of halogens is 2. The number of rotatable bonds is 5. The lowest BCUT2D eigenvalue weighted by Gasteiger charge is -2.43. The summed E-state index contributed by atoms with van der Waals surface area (Å²) in [5, 5.41) is 3.72. The van der Waals surface area contributed by atoms with Gasteiger partial charge in [-0.2, -0.15) is 0 Å². The second kappa shape index (κ2) is 5.58. The van der Waals surface area contributed by atoms with Gasteiger partial charge >= 0.3 is 0 Å². The van der Waals surface area contributed by atoms with Gasteiger partial charge in [0.25, 0.3) is 0 Å². The van der Waals surface area contributed by atoms with E-state index in [2.05, 4.69) is 19.2 Å². The summed E-state index contributed by atoms with van der Waals surface area (Å²) in [6.07, 6.45) is 4.70. The lowest BCUT2D eigenvalue weighted by atomic mass is 9.65. The van der Waals surface area contributed by atoms with E-state index in [1.165, 1.54) is 19.3 Å². The molecule has 18 heavy (non-hydrogen) atoms. The average Bonchev–Trinajstić information content (AvgIpc) is 2.26. The molecule has 0 heterocycles. The Hall–Kier alpha value is -0.600. The lowest BCUT2D eigenvalue weighted by molar-refractivity contribution is 0.126. The van der Waals surface area contributed by atoms with Crippen LogP contribution >= 0.6 is 11.6 Å². The first kappa shape index (κ1) is 13.8. The number of hydrogen-bond acceptors (Lipinski definition) is 1. The highest BCUT2D eigenvalue weighted by Crippen LogP contribution is 2.43. The maximum absolute atomic E-state index is 13.4. The van der Waals surface area contributed by atoms with Gasteiger partial charge in [-0.1, -0.05) is 37.9 Å². The molecular weight excluding hydrogens is 249 g/mol. The summed E-state index contributed by atoms with van der Waals surface area (Å²) in [6.45, 7) is 5.34. The van der Waals surface area contributed by atoms with Crippen LogP contribution in [0.3, 0.4) is 0 Å². The van der Waals surface area contributed by atoms with E-state index in [-0.39, 0.29) is 10.8 Å². The Morgan fingerprint density at radius 3 is 2.61 bits per heavy atom. The largest absolute Gasteiger partial charge is 0.314 e. The van der Waals surface area contributed by atoms with E-state index in [1.807, 2.05) is 6.07 Å². The zero-order chi connectivity index (χ0) is 13.2. The molecule has 0 radical (unpaired) electrons. The highest BCUT2D eigenvalue weighted by Gasteiger charge is 2.36. The molecule has 0 aliphatic heterocycles. The third-order valence-electron chi connectivity index (χ3n) is 3.86. The minimum absolute atomic E-state index is 0.210. The first-order valence-corrected chi connectivity index (χ1v) is 7.06. The monoisotopic (exact) mass is 269 g/mol. The molecule has 0 unspecified atom stereocenters. The molecule has 0 saturated heterocycles. The van der Waals surface area contributed by atoms with Gasteiger partial charge in [0.1, 0.15) is 5.82 Å². The van der Waals surface area contributed by atoms with Crippen LogP contribution in [0.1, 0.15) is 38.7 Å². The molecule has 1 nitrogen and oxygen atoms in total. The Morgan fingerprint density at radius 1 is 1.39 bits per heavy atom. The standard InChI is InChI=1S/C15H21ClFN/c1-11(2)18-10-15(6-3-7-15)9-12-4-5-13(16)14(17)8-12/h4-5,8,11,18H,3,6-7,9-10H2,1-2H3. The zero-order valence-corrected chi connectivity index (χ0v) is 11.9. The Labute approximate surface area is 114 Å². The van der Waals surface area contributed by atoms with Crippen molar-refractivity contribution in [3.63, 3.8) is 0 Å². The summed E-state index contributed by atoms with van der Waals surface area (Å²) in [5.74, 6) is -0.305. The van der Waals surface area contributed by atoms with Crippen LogP contribution in [-0.2, 0) is 6.42 Å². The fourth-order valence-electron chi connectivity index (χ4n) is 2.60. The summed E-state index contributed by atoms with van der Waals surface area (Å²) in [5.41, 5.74) is 1.38. The second-order valence-corrected chi connectivity index (χ2v) is 6.22. The van der Waals surface area contributed by atoms with Gasteiger partial charge in [-0.25, -0.2) is 4.39 Å². The van der Waals surface area contributed by atoms with E-state index in [9.17, 15) is 4.39 Å². The second-order valence-electron chi connectivity index (χ2n) is 5.81. The molecule has 0 bridgehead atoms. The topological polar surface area (TPSA) is 12.0 Å². The van der Waals surface area contributed by atoms with Crippen molar-refractivity contribution in [1.82, 2.24) is 5.32 Å². The predicted molar refractivity (Wildman–Crippen MR) is 74.5 cm³/mol. The molecule has 1 fully saturated rings. The van der Waals surface area contributed by atoms with E-state index in [1.54, 1.807) is 12.1 Å². The quantitative estimate of drug-likeness (QED) is 0.845. The normalized spacial score (nSPS) is 17.8. The van der Waals surface area contributed by atoms with Crippen molar-refractivity contribution in [2.24, 2.45) is 5.41 Å². The first-order chi connectivity index (χ1) is 8.51. The van der Waals surface area contributed by atoms with Gasteiger partial charge in [-0.3, -0.25) is 0 Å². The van der Waals surface area contributed by atoms with Crippen LogP contribution in [0.2, 0.25) is 5.02 Å². The Kier molecular flexibility index (Phi) is 4.29. The summed E-state index contributed by atoms with van der Waals surface area (Å²) in [7, 11) is 0. The summed E-state index contributed by atoms with van der Waals surface area (Å²) < 4.78 is 13.4. The van der Waals surface area contributed by atoms with Crippen LogP contribution in [0.25, 0.3) is 0 Å². The van der Waals surface area contributed by atoms with Crippen LogP contribution in [0.5, 0.6) is 0 Å². The molecular formula is C15H21ClFN. The van der Waals surface area contributed by atoms with Crippen molar-refractivity contribution < 1.29 is 4.39 Å². The van der Waals surface area contributed by atoms with Gasteiger partial charge in [-0.05, 0) is 42.4 Å². The molecule has 1 aromatic rings. The van der Waals surface area contributed by atoms with Crippen molar-refractivity contribution in [2.45, 2.75) is 45.6 Å². The highest BCUT2D eigenvalue weighted by molar-refractivity contribution is 6.30. The van der Waals surface area contributed by atoms with Gasteiger partial charge in [0.15, 0.2) is 0 Å². The van der Waals surface area contributed by atoms with Crippen molar-refractivity contribution >= 4 is 11.6 Å². The molecule has 1 aliphatic carbocycles. The molecule has 0 atom stereocenters. The third kappa shape index (κ3) is 3.24. The smallest absolute Gasteiger partial charge is 0.142 e. The molecule has 1 aromatic carbocycles. The van der Waals surface area contributed by atoms with Crippen molar-refractivity contribution in [1.29, 1.82) is 0 Å². The van der Waals surface area contributed by atoms with Crippen LogP contribution in [-0.4, -0.2) is 12.6 Å². The molecule has 0 amide bonds. The van der Waals surface area contributed by atoms with Crippen LogP contribution in [0.4, 0.5) is 4.39 Å². The van der Waals surface area contributed by atoms with E-state index in [0.717, 1.165) is 18.5 Å². The number of benzene rings is 1. The molecule has 1 aliphatic rings. The lowest BCUT2D eigenvalue weighted by Crippen LogP contribution is -2.43. The average molecular weight is 270 g/mol. The zero-order valence-electron chi connectivity index (χ0n) is 11.1. The van der Waals surface area contributed by atoms with Crippen LogP contribution < -0.4 is 5.32 Å². The van der Waals surface area contributed by atoms with Crippen LogP contribution in [0, 0.1) is 11.2 Å². The Balaban J connectivity index is 2.03.